The van der Waals surface area contributed by atoms with Crippen molar-refractivity contribution in [2.75, 3.05) is 38.2 Å². The summed E-state index contributed by atoms with van der Waals surface area (Å²) in [6.07, 6.45) is 0.601. The van der Waals surface area contributed by atoms with E-state index in [4.69, 9.17) is 4.74 Å². The molecule has 1 aromatic carbocycles. The van der Waals surface area contributed by atoms with Crippen LogP contribution >= 0.6 is 0 Å². The third kappa shape index (κ3) is 2.20. The zero-order valence-corrected chi connectivity index (χ0v) is 10.4. The molecule has 0 aromatic heterocycles. The predicted octanol–water partition coefficient (Wildman–Crippen LogP) is 1.44. The van der Waals surface area contributed by atoms with E-state index in [1.807, 2.05) is 17.0 Å². The van der Waals surface area contributed by atoms with E-state index in [-0.39, 0.29) is 5.91 Å². The van der Waals surface area contributed by atoms with E-state index in [0.29, 0.717) is 25.6 Å². The largest absolute Gasteiger partial charge is 0.384 e. The summed E-state index contributed by atoms with van der Waals surface area (Å²) in [7, 11) is 0. The number of nitrogens with one attached hydrogen (secondary N) is 1. The number of carbonyl (C=O) groups is 1. The number of nitrogens with zero attached hydrogens (tertiary/aromatic N) is 1. The molecule has 4 nitrogen and oxygen atoms in total. The molecule has 0 spiro atoms. The van der Waals surface area contributed by atoms with Crippen molar-refractivity contribution in [1.82, 2.24) is 4.90 Å². The molecule has 1 atom stereocenters. The van der Waals surface area contributed by atoms with Gasteiger partial charge in [0.05, 0.1) is 13.2 Å². The highest BCUT2D eigenvalue weighted by molar-refractivity contribution is 5.78. The van der Waals surface area contributed by atoms with Gasteiger partial charge in [0.1, 0.15) is 0 Å². The van der Waals surface area contributed by atoms with Gasteiger partial charge in [0.2, 0.25) is 5.91 Å². The maximum absolute atomic E-state index is 12.2. The Hall–Kier alpha value is -1.55. The molecule has 96 valence electrons. The highest BCUT2D eigenvalue weighted by Gasteiger charge is 2.26. The monoisotopic (exact) mass is 246 g/mol. The molecule has 1 unspecified atom stereocenters. The number of ether oxygens (including phenoxy) is 1. The molecule has 0 bridgehead atoms. The Morgan fingerprint density at radius 3 is 2.94 bits per heavy atom. The minimum atomic E-state index is 0.252. The van der Waals surface area contributed by atoms with Crippen LogP contribution in [0, 0.1) is 0 Å². The van der Waals surface area contributed by atoms with Crippen LogP contribution in [0.1, 0.15) is 17.9 Å². The number of hydrogen-bond donors (Lipinski definition) is 1. The third-order valence-electron chi connectivity index (χ3n) is 3.72. The summed E-state index contributed by atoms with van der Waals surface area (Å²) < 4.78 is 5.27. The molecule has 0 saturated carbocycles. The highest BCUT2D eigenvalue weighted by atomic mass is 16.5. The van der Waals surface area contributed by atoms with Crippen LogP contribution in [0.15, 0.2) is 24.3 Å². The molecule has 2 aliphatic heterocycles. The summed E-state index contributed by atoms with van der Waals surface area (Å²) in [6.45, 7) is 3.69. The lowest BCUT2D eigenvalue weighted by atomic mass is 9.97. The van der Waals surface area contributed by atoms with Gasteiger partial charge in [-0.05, 0) is 11.6 Å². The number of morpholine rings is 1. The third-order valence-corrected chi connectivity index (χ3v) is 3.72. The molecule has 0 aliphatic carbocycles. The summed E-state index contributed by atoms with van der Waals surface area (Å²) in [4.78, 5) is 14.1. The molecule has 3 rings (SSSR count). The quantitative estimate of drug-likeness (QED) is 0.858. The van der Waals surface area contributed by atoms with Crippen LogP contribution < -0.4 is 5.32 Å². The molecular weight excluding hydrogens is 228 g/mol. The zero-order chi connectivity index (χ0) is 12.4. The van der Waals surface area contributed by atoms with E-state index in [0.717, 1.165) is 19.6 Å². The average molecular weight is 246 g/mol. The first-order chi connectivity index (χ1) is 8.84. The summed E-state index contributed by atoms with van der Waals surface area (Å²) in [5, 5.41) is 3.36. The minimum Gasteiger partial charge on any atom is -0.384 e. The first-order valence-electron chi connectivity index (χ1n) is 6.53. The highest BCUT2D eigenvalue weighted by Crippen LogP contribution is 2.33. The fourth-order valence-electron chi connectivity index (χ4n) is 2.69. The van der Waals surface area contributed by atoms with E-state index in [1.165, 1.54) is 11.3 Å². The van der Waals surface area contributed by atoms with Crippen molar-refractivity contribution >= 4 is 11.6 Å². The Balaban J connectivity index is 1.65. The van der Waals surface area contributed by atoms with Gasteiger partial charge in [-0.25, -0.2) is 0 Å². The number of amides is 1. The maximum Gasteiger partial charge on any atom is 0.223 e. The number of rotatable bonds is 2. The van der Waals surface area contributed by atoms with Gasteiger partial charge >= 0.3 is 0 Å². The normalized spacial score (nSPS) is 22.4. The maximum atomic E-state index is 12.2. The molecule has 1 N–H and O–H groups in total. The fraction of sp³-hybridized carbons (Fsp3) is 0.500. The van der Waals surface area contributed by atoms with Crippen LogP contribution in [0.5, 0.6) is 0 Å². The molecule has 18 heavy (non-hydrogen) atoms. The second-order valence-electron chi connectivity index (χ2n) is 4.86. The van der Waals surface area contributed by atoms with E-state index in [9.17, 15) is 4.79 Å². The molecule has 4 heteroatoms. The summed E-state index contributed by atoms with van der Waals surface area (Å²) in [5.74, 6) is 0.568. The summed E-state index contributed by atoms with van der Waals surface area (Å²) in [5.41, 5.74) is 2.45. The van der Waals surface area contributed by atoms with Crippen molar-refractivity contribution in [2.24, 2.45) is 0 Å². The van der Waals surface area contributed by atoms with Gasteiger partial charge in [-0.2, -0.15) is 0 Å². The second-order valence-corrected chi connectivity index (χ2v) is 4.86. The topological polar surface area (TPSA) is 41.6 Å². The second kappa shape index (κ2) is 4.98. The van der Waals surface area contributed by atoms with Crippen LogP contribution in [0.4, 0.5) is 5.69 Å². The molecule has 1 saturated heterocycles. The number of fused-ring (bicyclic) bond motifs is 1. The Labute approximate surface area is 107 Å². The van der Waals surface area contributed by atoms with Gasteiger partial charge in [-0.1, -0.05) is 18.2 Å². The first kappa shape index (κ1) is 11.5. The molecule has 1 amide bonds. The van der Waals surface area contributed by atoms with Crippen molar-refractivity contribution < 1.29 is 9.53 Å². The van der Waals surface area contributed by atoms with Gasteiger partial charge in [-0.15, -0.1) is 0 Å². The fourth-order valence-corrected chi connectivity index (χ4v) is 2.69. The molecule has 2 aliphatic rings. The van der Waals surface area contributed by atoms with Gasteiger partial charge in [0, 0.05) is 37.7 Å². The Kier molecular flexibility index (Phi) is 3.19. The first-order valence-corrected chi connectivity index (χ1v) is 6.53. The lowest BCUT2D eigenvalue weighted by Crippen LogP contribution is -2.41. The summed E-state index contributed by atoms with van der Waals surface area (Å²) >= 11 is 0. The SMILES string of the molecule is O=C(CC1CNc2ccccc21)N1CCOCC1. The lowest BCUT2D eigenvalue weighted by Gasteiger charge is -2.27. The Bertz CT molecular complexity index is 441. The van der Waals surface area contributed by atoms with Crippen LogP contribution in [-0.2, 0) is 9.53 Å². The Morgan fingerprint density at radius 1 is 1.33 bits per heavy atom. The average Bonchev–Trinajstić information content (AvgIpc) is 2.83. The summed E-state index contributed by atoms with van der Waals surface area (Å²) in [6, 6.07) is 8.26. The molecule has 1 aromatic rings. The van der Waals surface area contributed by atoms with Crippen molar-refractivity contribution in [3.8, 4) is 0 Å². The number of carbonyl (C=O) groups excluding carboxylic acids is 1. The zero-order valence-electron chi connectivity index (χ0n) is 10.4. The molecule has 0 radical (unpaired) electrons. The van der Waals surface area contributed by atoms with Crippen molar-refractivity contribution in [1.29, 1.82) is 0 Å². The van der Waals surface area contributed by atoms with Crippen LogP contribution in [0.3, 0.4) is 0 Å². The van der Waals surface area contributed by atoms with Crippen molar-refractivity contribution in [3.05, 3.63) is 29.8 Å². The smallest absolute Gasteiger partial charge is 0.223 e. The Morgan fingerprint density at radius 2 is 2.11 bits per heavy atom. The minimum absolute atomic E-state index is 0.252. The molecule has 2 heterocycles. The van der Waals surface area contributed by atoms with Gasteiger partial charge in [0.25, 0.3) is 0 Å². The van der Waals surface area contributed by atoms with Crippen molar-refractivity contribution in [3.63, 3.8) is 0 Å². The van der Waals surface area contributed by atoms with Gasteiger partial charge < -0.3 is 15.0 Å². The number of para-hydroxylation sites is 1. The van der Waals surface area contributed by atoms with E-state index in [1.54, 1.807) is 0 Å². The van der Waals surface area contributed by atoms with Crippen LogP contribution in [0.2, 0.25) is 0 Å². The number of anilines is 1. The van der Waals surface area contributed by atoms with E-state index >= 15 is 0 Å². The molecule has 1 fully saturated rings. The van der Waals surface area contributed by atoms with Gasteiger partial charge in [0.15, 0.2) is 0 Å². The lowest BCUT2D eigenvalue weighted by molar-refractivity contribution is -0.135. The van der Waals surface area contributed by atoms with E-state index in [2.05, 4.69) is 17.4 Å². The predicted molar refractivity (Wildman–Crippen MR) is 69.7 cm³/mol. The number of hydrogen-bond acceptors (Lipinski definition) is 3. The van der Waals surface area contributed by atoms with Crippen molar-refractivity contribution in [2.45, 2.75) is 12.3 Å². The van der Waals surface area contributed by atoms with E-state index < -0.39 is 0 Å². The molecular formula is C14H18N2O2. The standard InChI is InChI=1S/C14H18N2O2/c17-14(16-5-7-18-8-6-16)9-11-10-15-13-4-2-1-3-12(11)13/h1-4,11,15H,5-10H2. The van der Waals surface area contributed by atoms with Crippen LogP contribution in [0.25, 0.3) is 0 Å². The number of benzene rings is 1. The van der Waals surface area contributed by atoms with Gasteiger partial charge in [-0.3, -0.25) is 4.79 Å². The van der Waals surface area contributed by atoms with Crippen LogP contribution in [-0.4, -0.2) is 43.7 Å².